The fourth-order valence-electron chi connectivity index (χ4n) is 3.56. The molecule has 0 saturated heterocycles. The van der Waals surface area contributed by atoms with Crippen molar-refractivity contribution in [2.75, 3.05) is 4.90 Å². The molecule has 3 aromatic rings. The Morgan fingerprint density at radius 1 is 1.03 bits per heavy atom. The van der Waals surface area contributed by atoms with E-state index in [9.17, 15) is 9.59 Å². The molecular formula is C23H17Cl2NO3. The van der Waals surface area contributed by atoms with Crippen LogP contribution in [0.5, 0.6) is 0 Å². The van der Waals surface area contributed by atoms with Gasteiger partial charge in [0.05, 0.1) is 28.1 Å². The van der Waals surface area contributed by atoms with Gasteiger partial charge < -0.3 is 10.0 Å². The molecule has 3 aromatic carbocycles. The summed E-state index contributed by atoms with van der Waals surface area (Å²) >= 11 is 12.2. The summed E-state index contributed by atoms with van der Waals surface area (Å²) < 4.78 is 0. The summed E-state index contributed by atoms with van der Waals surface area (Å²) in [5.41, 5.74) is 4.65. The third kappa shape index (κ3) is 3.50. The zero-order valence-electron chi connectivity index (χ0n) is 15.5. The minimum Gasteiger partial charge on any atom is -0.481 e. The minimum atomic E-state index is -0.881. The molecule has 0 saturated carbocycles. The van der Waals surface area contributed by atoms with Gasteiger partial charge in [0.1, 0.15) is 0 Å². The van der Waals surface area contributed by atoms with Crippen LogP contribution in [0, 0.1) is 0 Å². The third-order valence-corrected chi connectivity index (χ3v) is 5.98. The second-order valence-electron chi connectivity index (χ2n) is 7.01. The van der Waals surface area contributed by atoms with Gasteiger partial charge in [-0.2, -0.15) is 0 Å². The van der Waals surface area contributed by atoms with Crippen molar-refractivity contribution in [2.45, 2.75) is 19.4 Å². The largest absolute Gasteiger partial charge is 0.481 e. The number of hydrogen-bond acceptors (Lipinski definition) is 2. The molecule has 146 valence electrons. The van der Waals surface area contributed by atoms with Crippen molar-refractivity contribution in [1.29, 1.82) is 0 Å². The highest BCUT2D eigenvalue weighted by atomic mass is 35.5. The molecule has 1 atom stereocenters. The summed E-state index contributed by atoms with van der Waals surface area (Å²) in [6.07, 6.45) is 0. The van der Waals surface area contributed by atoms with Crippen LogP contribution in [0.2, 0.25) is 10.0 Å². The summed E-state index contributed by atoms with van der Waals surface area (Å²) in [4.78, 5) is 26.1. The SMILES string of the molecule is CC(C(=O)O)c1ccc(N2Cc3cccc(-c4ccc(Cl)c(Cl)c4)c3C2=O)cc1. The number of halogens is 2. The van der Waals surface area contributed by atoms with Gasteiger partial charge in [0, 0.05) is 5.69 Å². The Morgan fingerprint density at radius 3 is 2.41 bits per heavy atom. The molecule has 0 aliphatic carbocycles. The zero-order chi connectivity index (χ0) is 20.7. The Morgan fingerprint density at radius 2 is 1.76 bits per heavy atom. The van der Waals surface area contributed by atoms with Crippen molar-refractivity contribution in [1.82, 2.24) is 0 Å². The van der Waals surface area contributed by atoms with E-state index in [1.54, 1.807) is 48.2 Å². The van der Waals surface area contributed by atoms with E-state index in [-0.39, 0.29) is 5.91 Å². The quantitative estimate of drug-likeness (QED) is 0.556. The average molecular weight is 426 g/mol. The molecular weight excluding hydrogens is 409 g/mol. The number of anilines is 1. The highest BCUT2D eigenvalue weighted by molar-refractivity contribution is 6.42. The van der Waals surface area contributed by atoms with Gasteiger partial charge in [-0.15, -0.1) is 0 Å². The lowest BCUT2D eigenvalue weighted by atomic mass is 9.97. The molecule has 1 unspecified atom stereocenters. The zero-order valence-corrected chi connectivity index (χ0v) is 17.0. The molecule has 0 spiro atoms. The second-order valence-corrected chi connectivity index (χ2v) is 7.83. The van der Waals surface area contributed by atoms with Crippen LogP contribution in [0.25, 0.3) is 11.1 Å². The van der Waals surface area contributed by atoms with Gasteiger partial charge >= 0.3 is 5.97 Å². The highest BCUT2D eigenvalue weighted by Gasteiger charge is 2.31. The second kappa shape index (κ2) is 7.54. The lowest BCUT2D eigenvalue weighted by Crippen LogP contribution is -2.23. The van der Waals surface area contributed by atoms with Crippen molar-refractivity contribution < 1.29 is 14.7 Å². The highest BCUT2D eigenvalue weighted by Crippen LogP contribution is 2.37. The van der Waals surface area contributed by atoms with Crippen molar-refractivity contribution in [3.05, 3.63) is 87.4 Å². The van der Waals surface area contributed by atoms with E-state index in [1.165, 1.54) is 0 Å². The number of amides is 1. The fraction of sp³-hybridized carbons (Fsp3) is 0.130. The van der Waals surface area contributed by atoms with Crippen LogP contribution < -0.4 is 4.90 Å². The average Bonchev–Trinajstić information content (AvgIpc) is 3.06. The molecule has 1 heterocycles. The first-order chi connectivity index (χ1) is 13.9. The van der Waals surface area contributed by atoms with Gasteiger partial charge in [0.25, 0.3) is 5.91 Å². The van der Waals surface area contributed by atoms with Crippen molar-refractivity contribution in [3.63, 3.8) is 0 Å². The molecule has 29 heavy (non-hydrogen) atoms. The van der Waals surface area contributed by atoms with Gasteiger partial charge in [-0.05, 0) is 53.4 Å². The molecule has 1 aliphatic heterocycles. The number of hydrogen-bond donors (Lipinski definition) is 1. The summed E-state index contributed by atoms with van der Waals surface area (Å²) in [5.74, 6) is -1.58. The Balaban J connectivity index is 1.69. The number of carbonyl (C=O) groups excluding carboxylic acids is 1. The number of carboxylic acid groups (broad SMARTS) is 1. The van der Waals surface area contributed by atoms with Crippen LogP contribution in [0.4, 0.5) is 5.69 Å². The number of rotatable bonds is 4. The number of carboxylic acids is 1. The van der Waals surface area contributed by atoms with E-state index in [0.29, 0.717) is 27.7 Å². The molecule has 0 fully saturated rings. The number of carbonyl (C=O) groups is 2. The van der Waals surface area contributed by atoms with Gasteiger partial charge in [0.15, 0.2) is 0 Å². The van der Waals surface area contributed by atoms with E-state index >= 15 is 0 Å². The molecule has 1 amide bonds. The maximum Gasteiger partial charge on any atom is 0.310 e. The molecule has 4 rings (SSSR count). The molecule has 1 aliphatic rings. The number of benzene rings is 3. The van der Waals surface area contributed by atoms with Crippen LogP contribution in [-0.4, -0.2) is 17.0 Å². The van der Waals surface area contributed by atoms with Crippen molar-refractivity contribution in [3.8, 4) is 11.1 Å². The molecule has 6 heteroatoms. The third-order valence-electron chi connectivity index (χ3n) is 5.24. The van der Waals surface area contributed by atoms with Gasteiger partial charge in [-0.3, -0.25) is 9.59 Å². The molecule has 0 radical (unpaired) electrons. The van der Waals surface area contributed by atoms with Gasteiger partial charge in [-0.25, -0.2) is 0 Å². The Hall–Kier alpha value is -2.82. The summed E-state index contributed by atoms with van der Waals surface area (Å²) in [6, 6.07) is 18.2. The predicted molar refractivity (Wildman–Crippen MR) is 115 cm³/mol. The van der Waals surface area contributed by atoms with E-state index in [1.807, 2.05) is 24.3 Å². The molecule has 4 nitrogen and oxygen atoms in total. The van der Waals surface area contributed by atoms with Gasteiger partial charge in [-0.1, -0.05) is 59.6 Å². The number of aliphatic carboxylic acids is 1. The van der Waals surface area contributed by atoms with Gasteiger partial charge in [0.2, 0.25) is 0 Å². The van der Waals surface area contributed by atoms with Crippen LogP contribution in [-0.2, 0) is 11.3 Å². The van der Waals surface area contributed by atoms with Crippen LogP contribution in [0.1, 0.15) is 34.3 Å². The predicted octanol–water partition coefficient (Wildman–Crippen LogP) is 6.01. The smallest absolute Gasteiger partial charge is 0.310 e. The Kier molecular flexibility index (Phi) is 5.07. The Bertz CT molecular complexity index is 1130. The van der Waals surface area contributed by atoms with Crippen LogP contribution >= 0.6 is 23.2 Å². The molecule has 1 N–H and O–H groups in total. The van der Waals surface area contributed by atoms with Crippen LogP contribution in [0.15, 0.2) is 60.7 Å². The maximum absolute atomic E-state index is 13.2. The van der Waals surface area contributed by atoms with E-state index in [2.05, 4.69) is 0 Å². The minimum absolute atomic E-state index is 0.0966. The number of fused-ring (bicyclic) bond motifs is 1. The summed E-state index contributed by atoms with van der Waals surface area (Å²) in [5, 5.41) is 10.1. The molecule has 0 aromatic heterocycles. The van der Waals surface area contributed by atoms with Crippen molar-refractivity contribution in [2.24, 2.45) is 0 Å². The van der Waals surface area contributed by atoms with E-state index < -0.39 is 11.9 Å². The first kappa shape index (κ1) is 19.5. The monoisotopic (exact) mass is 425 g/mol. The van der Waals surface area contributed by atoms with E-state index in [0.717, 1.165) is 22.4 Å². The molecule has 0 bridgehead atoms. The Labute approximate surface area is 178 Å². The number of nitrogens with zero attached hydrogens (tertiary/aromatic N) is 1. The fourth-order valence-corrected chi connectivity index (χ4v) is 3.86. The summed E-state index contributed by atoms with van der Waals surface area (Å²) in [7, 11) is 0. The van der Waals surface area contributed by atoms with E-state index in [4.69, 9.17) is 28.3 Å². The standard InChI is InChI=1S/C23H17Cl2NO3/c1-13(23(28)29)14-5-8-17(9-6-14)26-12-16-3-2-4-18(21(16)22(26)27)15-7-10-19(24)20(25)11-15/h2-11,13H,12H2,1H3,(H,28,29). The lowest BCUT2D eigenvalue weighted by molar-refractivity contribution is -0.138. The first-order valence-electron chi connectivity index (χ1n) is 9.08. The normalized spacial score (nSPS) is 14.0. The first-order valence-corrected chi connectivity index (χ1v) is 9.84. The topological polar surface area (TPSA) is 57.6 Å². The van der Waals surface area contributed by atoms with Crippen LogP contribution in [0.3, 0.4) is 0 Å². The van der Waals surface area contributed by atoms with Crippen molar-refractivity contribution >= 4 is 40.8 Å². The maximum atomic E-state index is 13.2. The lowest BCUT2D eigenvalue weighted by Gasteiger charge is -2.17. The summed E-state index contributed by atoms with van der Waals surface area (Å²) in [6.45, 7) is 2.09.